The molecule has 4 N–H and O–H groups in total. The highest BCUT2D eigenvalue weighted by Gasteiger charge is 2.33. The molecule has 32 heavy (non-hydrogen) atoms. The zero-order valence-electron chi connectivity index (χ0n) is 17.6. The van der Waals surface area contributed by atoms with E-state index in [0.29, 0.717) is 36.0 Å². The van der Waals surface area contributed by atoms with Crippen LogP contribution >= 0.6 is 11.6 Å². The third-order valence-corrected chi connectivity index (χ3v) is 6.34. The van der Waals surface area contributed by atoms with Crippen LogP contribution in [0, 0.1) is 23.2 Å². The van der Waals surface area contributed by atoms with Crippen LogP contribution in [0.5, 0.6) is 0 Å². The Balaban J connectivity index is 1.42. The van der Waals surface area contributed by atoms with E-state index in [4.69, 9.17) is 11.6 Å². The summed E-state index contributed by atoms with van der Waals surface area (Å²) in [7, 11) is 0. The summed E-state index contributed by atoms with van der Waals surface area (Å²) < 4.78 is 0. The molecule has 1 aliphatic carbocycles. The van der Waals surface area contributed by atoms with Crippen molar-refractivity contribution in [1.82, 2.24) is 20.9 Å². The zero-order valence-corrected chi connectivity index (χ0v) is 18.4. The predicted octanol–water partition coefficient (Wildman–Crippen LogP) is 2.64. The molecule has 2 aliphatic rings. The van der Waals surface area contributed by atoms with E-state index in [9.17, 15) is 19.6 Å². The van der Waals surface area contributed by atoms with E-state index in [2.05, 4.69) is 27.0 Å². The monoisotopic (exact) mass is 455 g/mol. The molecule has 1 aliphatic heterocycles. The minimum Gasteiger partial charge on any atom is -0.356 e. The van der Waals surface area contributed by atoms with Gasteiger partial charge in [0.1, 0.15) is 17.8 Å². The topological polar surface area (TPSA) is 127 Å². The SMILES string of the molecule is N#C[C@H](C[C@@H]1CCCNC1=O)NC(=O)[C@H](CC1CC1)NC(=O)c1cc2ccc(Cl)cc2[nH]1. The van der Waals surface area contributed by atoms with Crippen molar-refractivity contribution in [3.05, 3.63) is 35.0 Å². The summed E-state index contributed by atoms with van der Waals surface area (Å²) in [4.78, 5) is 40.9. The van der Waals surface area contributed by atoms with Gasteiger partial charge in [0, 0.05) is 28.4 Å². The van der Waals surface area contributed by atoms with Crippen molar-refractivity contribution in [2.24, 2.45) is 11.8 Å². The first kappa shape index (κ1) is 22.2. The van der Waals surface area contributed by atoms with Gasteiger partial charge in [0.25, 0.3) is 5.91 Å². The molecule has 2 aromatic rings. The molecule has 1 saturated heterocycles. The molecule has 1 aromatic heterocycles. The molecule has 3 atom stereocenters. The first-order valence-electron chi connectivity index (χ1n) is 11.0. The minimum atomic E-state index is -0.787. The van der Waals surface area contributed by atoms with Gasteiger partial charge >= 0.3 is 0 Å². The number of rotatable bonds is 8. The quantitative estimate of drug-likeness (QED) is 0.488. The number of aromatic nitrogens is 1. The number of H-pyrrole nitrogens is 1. The van der Waals surface area contributed by atoms with E-state index in [1.807, 2.05) is 6.07 Å². The number of carbonyl (C=O) groups is 3. The molecule has 2 heterocycles. The number of halogens is 1. The lowest BCUT2D eigenvalue weighted by Gasteiger charge is -2.25. The van der Waals surface area contributed by atoms with E-state index < -0.39 is 23.9 Å². The Labute approximate surface area is 191 Å². The van der Waals surface area contributed by atoms with Crippen LogP contribution in [-0.2, 0) is 9.59 Å². The molecule has 0 unspecified atom stereocenters. The molecule has 0 spiro atoms. The zero-order chi connectivity index (χ0) is 22.7. The van der Waals surface area contributed by atoms with Gasteiger partial charge in [-0.1, -0.05) is 30.5 Å². The minimum absolute atomic E-state index is 0.0764. The summed E-state index contributed by atoms with van der Waals surface area (Å²) in [5.74, 6) is -0.765. The second kappa shape index (κ2) is 9.61. The van der Waals surface area contributed by atoms with Crippen LogP contribution < -0.4 is 16.0 Å². The van der Waals surface area contributed by atoms with Crippen LogP contribution in [0.25, 0.3) is 10.9 Å². The lowest BCUT2D eigenvalue weighted by Crippen LogP contribution is -2.50. The Kier molecular flexibility index (Phi) is 6.66. The number of aromatic amines is 1. The van der Waals surface area contributed by atoms with Crippen LogP contribution in [0.2, 0.25) is 5.02 Å². The molecule has 8 nitrogen and oxygen atoms in total. The van der Waals surface area contributed by atoms with Gasteiger partial charge in [0.2, 0.25) is 11.8 Å². The molecule has 1 aromatic carbocycles. The molecule has 0 radical (unpaired) electrons. The molecular formula is C23H26ClN5O3. The highest BCUT2D eigenvalue weighted by atomic mass is 35.5. The average molecular weight is 456 g/mol. The van der Waals surface area contributed by atoms with Crippen LogP contribution in [0.4, 0.5) is 0 Å². The molecule has 168 valence electrons. The third-order valence-electron chi connectivity index (χ3n) is 6.11. The van der Waals surface area contributed by atoms with Crippen LogP contribution in [-0.4, -0.2) is 41.3 Å². The lowest BCUT2D eigenvalue weighted by molar-refractivity contribution is -0.128. The summed E-state index contributed by atoms with van der Waals surface area (Å²) in [6, 6.07) is 7.57. The second-order valence-electron chi connectivity index (χ2n) is 8.68. The number of hydrogen-bond donors (Lipinski definition) is 4. The fraction of sp³-hybridized carbons (Fsp3) is 0.478. The van der Waals surface area contributed by atoms with Crippen molar-refractivity contribution < 1.29 is 14.4 Å². The van der Waals surface area contributed by atoms with Crippen molar-refractivity contribution in [2.45, 2.75) is 50.6 Å². The fourth-order valence-corrected chi connectivity index (χ4v) is 4.31. The van der Waals surface area contributed by atoms with Crippen molar-refractivity contribution in [1.29, 1.82) is 5.26 Å². The van der Waals surface area contributed by atoms with Gasteiger partial charge < -0.3 is 20.9 Å². The van der Waals surface area contributed by atoms with E-state index in [1.165, 1.54) is 0 Å². The summed E-state index contributed by atoms with van der Waals surface area (Å²) in [5, 5.41) is 19.3. The van der Waals surface area contributed by atoms with Crippen molar-refractivity contribution in [3.63, 3.8) is 0 Å². The number of amides is 3. The molecule has 9 heteroatoms. The largest absolute Gasteiger partial charge is 0.356 e. The van der Waals surface area contributed by atoms with Crippen LogP contribution in [0.15, 0.2) is 24.3 Å². The summed E-state index contributed by atoms with van der Waals surface area (Å²) >= 11 is 6.01. The summed E-state index contributed by atoms with van der Waals surface area (Å²) in [6.07, 6.45) is 4.39. The van der Waals surface area contributed by atoms with Gasteiger partial charge in [0.05, 0.1) is 6.07 Å². The van der Waals surface area contributed by atoms with Gasteiger partial charge in [-0.2, -0.15) is 5.26 Å². The number of nitriles is 1. The first-order chi connectivity index (χ1) is 15.4. The smallest absolute Gasteiger partial charge is 0.268 e. The maximum absolute atomic E-state index is 13.0. The number of benzene rings is 1. The Bertz CT molecular complexity index is 1070. The van der Waals surface area contributed by atoms with Crippen molar-refractivity contribution in [3.8, 4) is 6.07 Å². The molecule has 0 bridgehead atoms. The Hall–Kier alpha value is -3.05. The predicted molar refractivity (Wildman–Crippen MR) is 120 cm³/mol. The Morgan fingerprint density at radius 1 is 1.19 bits per heavy atom. The lowest BCUT2D eigenvalue weighted by atomic mass is 9.92. The van der Waals surface area contributed by atoms with E-state index in [-0.39, 0.29) is 18.2 Å². The molecule has 1 saturated carbocycles. The van der Waals surface area contributed by atoms with E-state index in [1.54, 1.807) is 18.2 Å². The molecular weight excluding hydrogens is 430 g/mol. The van der Waals surface area contributed by atoms with Gasteiger partial charge in [-0.3, -0.25) is 14.4 Å². The number of carbonyl (C=O) groups excluding carboxylic acids is 3. The average Bonchev–Trinajstić information content (AvgIpc) is 3.49. The first-order valence-corrected chi connectivity index (χ1v) is 11.4. The molecule has 2 fully saturated rings. The number of fused-ring (bicyclic) bond motifs is 1. The van der Waals surface area contributed by atoms with E-state index in [0.717, 1.165) is 30.2 Å². The second-order valence-corrected chi connectivity index (χ2v) is 9.11. The third kappa shape index (κ3) is 5.40. The molecule has 3 amide bonds. The number of nitrogens with one attached hydrogen (secondary N) is 4. The normalized spacial score (nSPS) is 20.1. The summed E-state index contributed by atoms with van der Waals surface area (Å²) in [5.41, 5.74) is 1.08. The van der Waals surface area contributed by atoms with Crippen LogP contribution in [0.3, 0.4) is 0 Å². The maximum Gasteiger partial charge on any atom is 0.268 e. The van der Waals surface area contributed by atoms with Gasteiger partial charge in [0.15, 0.2) is 0 Å². The standard InChI is InChI=1S/C23H26ClN5O3/c24-16-6-5-14-10-20(28-18(14)11-16)23(32)29-19(8-13-3-4-13)22(31)27-17(12-25)9-15-2-1-7-26-21(15)30/h5-6,10-11,13,15,17,19,28H,1-4,7-9H2,(H,26,30)(H,27,31)(H,29,32)/t15-,17-,19-/m0/s1. The Morgan fingerprint density at radius 2 is 2.00 bits per heavy atom. The van der Waals surface area contributed by atoms with Gasteiger partial charge in [-0.25, -0.2) is 0 Å². The number of nitrogens with zero attached hydrogens (tertiary/aromatic N) is 1. The number of piperidine rings is 1. The fourth-order valence-electron chi connectivity index (χ4n) is 4.14. The highest BCUT2D eigenvalue weighted by molar-refractivity contribution is 6.31. The summed E-state index contributed by atoms with van der Waals surface area (Å²) in [6.45, 7) is 0.647. The maximum atomic E-state index is 13.0. The number of hydrogen-bond acceptors (Lipinski definition) is 4. The van der Waals surface area contributed by atoms with Gasteiger partial charge in [-0.05, 0) is 49.8 Å². The van der Waals surface area contributed by atoms with Crippen molar-refractivity contribution in [2.75, 3.05) is 6.54 Å². The highest BCUT2D eigenvalue weighted by Crippen LogP contribution is 2.33. The van der Waals surface area contributed by atoms with Gasteiger partial charge in [-0.15, -0.1) is 0 Å². The Morgan fingerprint density at radius 3 is 2.72 bits per heavy atom. The van der Waals surface area contributed by atoms with Crippen LogP contribution in [0.1, 0.15) is 49.0 Å². The molecule has 4 rings (SSSR count). The van der Waals surface area contributed by atoms with Crippen molar-refractivity contribution >= 4 is 40.2 Å². The van der Waals surface area contributed by atoms with E-state index >= 15 is 0 Å².